The maximum Gasteiger partial charge on any atom is 0.339 e. The monoisotopic (exact) mass is 590 g/mol. The van der Waals surface area contributed by atoms with E-state index in [0.29, 0.717) is 28.6 Å². The highest BCUT2D eigenvalue weighted by Crippen LogP contribution is 2.36. The maximum absolute atomic E-state index is 13.4. The van der Waals surface area contributed by atoms with Gasteiger partial charge in [0.05, 0.1) is 16.8 Å². The van der Waals surface area contributed by atoms with Gasteiger partial charge in [-0.25, -0.2) is 9.78 Å². The summed E-state index contributed by atoms with van der Waals surface area (Å²) in [5.41, 5.74) is 5.41. The number of phenols is 1. The van der Waals surface area contributed by atoms with Gasteiger partial charge in [-0.2, -0.15) is 0 Å². The second kappa shape index (κ2) is 10.5. The molecule has 180 valence electrons. The van der Waals surface area contributed by atoms with Gasteiger partial charge < -0.3 is 15.2 Å². The molecule has 0 radical (unpaired) electrons. The fourth-order valence-electron chi connectivity index (χ4n) is 4.45. The minimum Gasteiger partial charge on any atom is -0.508 e. The molecule has 4 aromatic rings. The lowest BCUT2D eigenvalue weighted by molar-refractivity contribution is -0.119. The third-order valence-electron chi connectivity index (χ3n) is 6.05. The van der Waals surface area contributed by atoms with Crippen LogP contribution < -0.4 is 5.32 Å². The smallest absolute Gasteiger partial charge is 0.339 e. The number of nitrogens with zero attached hydrogens (tertiary/aromatic N) is 1. The lowest BCUT2D eigenvalue weighted by Gasteiger charge is -2.22. The Balaban J connectivity index is 1.46. The number of aromatic hydroxyl groups is 1. The number of fused-ring (bicyclic) bond motifs is 2. The zero-order valence-electron chi connectivity index (χ0n) is 19.3. The standard InChI is InChI=1S/C29H23IN2O4/c30-20-6-4-7-21(16-20)31-26(34)17-36-29(35)27-23-8-1-2-10-25(23)32-28-19(5-3-9-24(27)28)15-18-11-13-22(33)14-12-18/h1-2,4,6-8,10-16,33H,3,5,9,17H2,(H,31,34). The van der Waals surface area contributed by atoms with E-state index in [9.17, 15) is 14.7 Å². The van der Waals surface area contributed by atoms with Gasteiger partial charge in [-0.3, -0.25) is 4.79 Å². The van der Waals surface area contributed by atoms with E-state index in [1.54, 1.807) is 18.2 Å². The van der Waals surface area contributed by atoms with E-state index >= 15 is 0 Å². The van der Waals surface area contributed by atoms with Crippen LogP contribution >= 0.6 is 22.6 Å². The van der Waals surface area contributed by atoms with Gasteiger partial charge in [-0.1, -0.05) is 36.4 Å². The normalized spacial score (nSPS) is 13.9. The van der Waals surface area contributed by atoms with Gasteiger partial charge in [0.15, 0.2) is 6.61 Å². The van der Waals surface area contributed by atoms with Crippen LogP contribution in [0, 0.1) is 3.57 Å². The quantitative estimate of drug-likeness (QED) is 0.213. The van der Waals surface area contributed by atoms with E-state index in [1.165, 1.54) is 0 Å². The minimum atomic E-state index is -0.534. The number of hydrogen-bond donors (Lipinski definition) is 2. The zero-order chi connectivity index (χ0) is 25.1. The number of benzene rings is 3. The van der Waals surface area contributed by atoms with Gasteiger partial charge in [0.2, 0.25) is 0 Å². The van der Waals surface area contributed by atoms with Crippen molar-refractivity contribution in [3.8, 4) is 5.75 Å². The van der Waals surface area contributed by atoms with Gasteiger partial charge in [0, 0.05) is 14.6 Å². The van der Waals surface area contributed by atoms with Crippen LogP contribution in [0.2, 0.25) is 0 Å². The third kappa shape index (κ3) is 5.26. The first-order valence-electron chi connectivity index (χ1n) is 11.6. The molecule has 2 N–H and O–H groups in total. The first-order valence-corrected chi connectivity index (χ1v) is 12.7. The number of halogens is 1. The van der Waals surface area contributed by atoms with Gasteiger partial charge in [0.25, 0.3) is 5.91 Å². The van der Waals surface area contributed by atoms with E-state index in [2.05, 4.69) is 27.9 Å². The molecular formula is C29H23IN2O4. The summed E-state index contributed by atoms with van der Waals surface area (Å²) in [5, 5.41) is 13.1. The maximum atomic E-state index is 13.4. The number of anilines is 1. The summed E-state index contributed by atoms with van der Waals surface area (Å²) in [6, 6.07) is 21.9. The SMILES string of the molecule is O=C(COC(=O)c1c2c(nc3ccccc13)C(=Cc1ccc(O)cc1)CCC2)Nc1cccc(I)c1. The first-order chi connectivity index (χ1) is 17.5. The van der Waals surface area contributed by atoms with E-state index in [-0.39, 0.29) is 12.4 Å². The molecular weight excluding hydrogens is 567 g/mol. The summed E-state index contributed by atoms with van der Waals surface area (Å²) in [5.74, 6) is -0.722. The highest BCUT2D eigenvalue weighted by Gasteiger charge is 2.26. The number of carbonyl (C=O) groups is 2. The van der Waals surface area contributed by atoms with Crippen LogP contribution in [-0.4, -0.2) is 28.6 Å². The molecule has 0 saturated heterocycles. The van der Waals surface area contributed by atoms with Crippen molar-refractivity contribution in [2.45, 2.75) is 19.3 Å². The topological polar surface area (TPSA) is 88.5 Å². The molecule has 6 nitrogen and oxygen atoms in total. The molecule has 1 aromatic heterocycles. The molecule has 1 amide bonds. The fourth-order valence-corrected chi connectivity index (χ4v) is 4.99. The van der Waals surface area contributed by atoms with Crippen molar-refractivity contribution in [3.63, 3.8) is 0 Å². The Morgan fingerprint density at radius 1 is 1.03 bits per heavy atom. The van der Waals surface area contributed by atoms with Crippen LogP contribution in [0.25, 0.3) is 22.6 Å². The average Bonchev–Trinajstić information content (AvgIpc) is 2.87. The van der Waals surface area contributed by atoms with Crippen LogP contribution in [0.1, 0.15) is 40.0 Å². The molecule has 1 aliphatic rings. The van der Waals surface area contributed by atoms with E-state index in [4.69, 9.17) is 9.72 Å². The largest absolute Gasteiger partial charge is 0.508 e. The zero-order valence-corrected chi connectivity index (χ0v) is 21.5. The van der Waals surface area contributed by atoms with Crippen LogP contribution in [-0.2, 0) is 16.0 Å². The lowest BCUT2D eigenvalue weighted by Crippen LogP contribution is -2.22. The van der Waals surface area contributed by atoms with E-state index in [0.717, 1.165) is 38.8 Å². The Morgan fingerprint density at radius 2 is 1.83 bits per heavy atom. The summed E-state index contributed by atoms with van der Waals surface area (Å²) in [6.45, 7) is -0.383. The molecule has 0 fully saturated rings. The number of hydrogen-bond acceptors (Lipinski definition) is 5. The number of amides is 1. The number of esters is 1. The number of rotatable bonds is 5. The molecule has 0 bridgehead atoms. The predicted octanol–water partition coefficient (Wildman–Crippen LogP) is 6.22. The second-order valence-electron chi connectivity index (χ2n) is 8.58. The number of ether oxygens (including phenoxy) is 1. The van der Waals surface area contributed by atoms with Gasteiger partial charge in [0.1, 0.15) is 5.75 Å². The highest BCUT2D eigenvalue weighted by molar-refractivity contribution is 14.1. The predicted molar refractivity (Wildman–Crippen MR) is 149 cm³/mol. The molecule has 3 aromatic carbocycles. The van der Waals surface area contributed by atoms with Gasteiger partial charge >= 0.3 is 5.97 Å². The molecule has 5 rings (SSSR count). The van der Waals surface area contributed by atoms with Crippen molar-refractivity contribution in [2.24, 2.45) is 0 Å². The highest BCUT2D eigenvalue weighted by atomic mass is 127. The van der Waals surface area contributed by atoms with Crippen LogP contribution in [0.5, 0.6) is 5.75 Å². The first kappa shape index (κ1) is 24.0. The van der Waals surface area contributed by atoms with E-state index in [1.807, 2.05) is 60.7 Å². The summed E-state index contributed by atoms with van der Waals surface area (Å²) in [4.78, 5) is 30.7. The molecule has 0 aliphatic heterocycles. The third-order valence-corrected chi connectivity index (χ3v) is 6.72. The summed E-state index contributed by atoms with van der Waals surface area (Å²) in [7, 11) is 0. The number of pyridine rings is 1. The van der Waals surface area contributed by atoms with Crippen LogP contribution in [0.4, 0.5) is 5.69 Å². The molecule has 0 unspecified atom stereocenters. The Hall–Kier alpha value is -3.72. The Morgan fingerprint density at radius 3 is 2.64 bits per heavy atom. The number of phenolic OH excluding ortho intramolecular Hbond substituents is 1. The average molecular weight is 590 g/mol. The van der Waals surface area contributed by atoms with Crippen molar-refractivity contribution in [1.82, 2.24) is 4.98 Å². The Bertz CT molecular complexity index is 1500. The number of aromatic nitrogens is 1. The number of para-hydroxylation sites is 1. The second-order valence-corrected chi connectivity index (χ2v) is 9.83. The number of nitrogens with one attached hydrogen (secondary N) is 1. The Kier molecular flexibility index (Phi) is 6.99. The molecule has 0 spiro atoms. The van der Waals surface area contributed by atoms with Crippen molar-refractivity contribution in [1.29, 1.82) is 0 Å². The van der Waals surface area contributed by atoms with Crippen molar-refractivity contribution >= 4 is 62.7 Å². The van der Waals surface area contributed by atoms with Crippen LogP contribution in [0.3, 0.4) is 0 Å². The minimum absolute atomic E-state index is 0.210. The molecule has 0 saturated carbocycles. The number of carbonyl (C=O) groups excluding carboxylic acids is 2. The molecule has 1 heterocycles. The summed E-state index contributed by atoms with van der Waals surface area (Å²) >= 11 is 2.17. The Labute approximate surface area is 222 Å². The summed E-state index contributed by atoms with van der Waals surface area (Å²) < 4.78 is 6.50. The van der Waals surface area contributed by atoms with Crippen LogP contribution in [0.15, 0.2) is 72.8 Å². The van der Waals surface area contributed by atoms with Gasteiger partial charge in [-0.15, -0.1) is 0 Å². The summed E-state index contributed by atoms with van der Waals surface area (Å²) in [6.07, 6.45) is 4.43. The molecule has 7 heteroatoms. The molecule has 0 atom stereocenters. The number of allylic oxidation sites excluding steroid dienone is 1. The van der Waals surface area contributed by atoms with Crippen molar-refractivity contribution in [2.75, 3.05) is 11.9 Å². The molecule has 1 aliphatic carbocycles. The molecule has 36 heavy (non-hydrogen) atoms. The van der Waals surface area contributed by atoms with Crippen molar-refractivity contribution < 1.29 is 19.4 Å². The van der Waals surface area contributed by atoms with Crippen molar-refractivity contribution in [3.05, 3.63) is 98.8 Å². The lowest BCUT2D eigenvalue weighted by atomic mass is 9.86. The van der Waals surface area contributed by atoms with Gasteiger partial charge in [-0.05, 0) is 101 Å². The van der Waals surface area contributed by atoms with E-state index < -0.39 is 11.9 Å². The fraction of sp³-hybridized carbons (Fsp3) is 0.138.